The molecule has 2 N–H and O–H groups in total. The van der Waals surface area contributed by atoms with E-state index in [1.165, 1.54) is 4.90 Å². The van der Waals surface area contributed by atoms with Crippen LogP contribution in [0.25, 0.3) is 0 Å². The predicted octanol–water partition coefficient (Wildman–Crippen LogP) is 0.690. The van der Waals surface area contributed by atoms with Gasteiger partial charge < -0.3 is 20.2 Å². The van der Waals surface area contributed by atoms with Crippen molar-refractivity contribution in [1.29, 1.82) is 0 Å². The van der Waals surface area contributed by atoms with Gasteiger partial charge in [-0.1, -0.05) is 13.8 Å². The number of carboxylic acids is 1. The average Bonchev–Trinajstić information content (AvgIpc) is 3.02. The Balaban J connectivity index is 2.20. The molecule has 0 aliphatic carbocycles. The van der Waals surface area contributed by atoms with Crippen LogP contribution in [-0.2, 0) is 14.4 Å². The van der Waals surface area contributed by atoms with Crippen LogP contribution in [0.2, 0.25) is 0 Å². The molecule has 1 atom stereocenters. The molecule has 1 aliphatic heterocycles. The van der Waals surface area contributed by atoms with Gasteiger partial charge in [-0.2, -0.15) is 0 Å². The van der Waals surface area contributed by atoms with Gasteiger partial charge in [0.05, 0.1) is 0 Å². The zero-order valence-electron chi connectivity index (χ0n) is 14.2. The van der Waals surface area contributed by atoms with Crippen molar-refractivity contribution in [3.8, 4) is 0 Å². The molecular formula is C16H29N3O4. The zero-order chi connectivity index (χ0) is 17.2. The summed E-state index contributed by atoms with van der Waals surface area (Å²) in [6.45, 7) is 8.23. The Morgan fingerprint density at radius 1 is 1.22 bits per heavy atom. The average molecular weight is 327 g/mol. The van der Waals surface area contributed by atoms with Gasteiger partial charge in [0.2, 0.25) is 11.8 Å². The van der Waals surface area contributed by atoms with Crippen molar-refractivity contribution >= 4 is 17.8 Å². The van der Waals surface area contributed by atoms with Gasteiger partial charge in [-0.05, 0) is 38.9 Å². The van der Waals surface area contributed by atoms with Gasteiger partial charge in [0.25, 0.3) is 0 Å². The number of rotatable bonds is 10. The minimum atomic E-state index is -0.961. The van der Waals surface area contributed by atoms with E-state index in [1.54, 1.807) is 0 Å². The molecule has 1 unspecified atom stereocenters. The van der Waals surface area contributed by atoms with Crippen molar-refractivity contribution in [1.82, 2.24) is 15.1 Å². The molecule has 0 aromatic rings. The lowest BCUT2D eigenvalue weighted by Crippen LogP contribution is -2.40. The number of hydrogen-bond acceptors (Lipinski definition) is 4. The van der Waals surface area contributed by atoms with E-state index >= 15 is 0 Å². The molecule has 132 valence electrons. The minimum Gasteiger partial charge on any atom is -0.480 e. The minimum absolute atomic E-state index is 0.0751. The van der Waals surface area contributed by atoms with Crippen LogP contribution in [0.4, 0.5) is 0 Å². The summed E-state index contributed by atoms with van der Waals surface area (Å²) in [6, 6.07) is -0.723. The van der Waals surface area contributed by atoms with Gasteiger partial charge in [0.1, 0.15) is 6.04 Å². The van der Waals surface area contributed by atoms with Crippen molar-refractivity contribution in [2.24, 2.45) is 0 Å². The number of carbonyl (C=O) groups is 3. The Bertz CT molecular complexity index is 410. The lowest BCUT2D eigenvalue weighted by molar-refractivity contribution is -0.148. The molecule has 23 heavy (non-hydrogen) atoms. The third-order valence-corrected chi connectivity index (χ3v) is 4.29. The molecule has 0 saturated carbocycles. The number of nitrogens with one attached hydrogen (secondary N) is 1. The normalized spacial score (nSPS) is 17.5. The second kappa shape index (κ2) is 10.2. The molecule has 2 amide bonds. The van der Waals surface area contributed by atoms with Gasteiger partial charge in [-0.25, -0.2) is 4.79 Å². The van der Waals surface area contributed by atoms with E-state index < -0.39 is 12.0 Å². The lowest BCUT2D eigenvalue weighted by atomic mass is 10.2. The Kier molecular flexibility index (Phi) is 8.61. The zero-order valence-corrected chi connectivity index (χ0v) is 14.2. The first-order valence-corrected chi connectivity index (χ1v) is 8.50. The summed E-state index contributed by atoms with van der Waals surface area (Å²) in [4.78, 5) is 38.5. The quantitative estimate of drug-likeness (QED) is 0.576. The molecule has 0 aromatic heterocycles. The van der Waals surface area contributed by atoms with Gasteiger partial charge in [-0.15, -0.1) is 0 Å². The maximum absolute atomic E-state index is 12.0. The first-order chi connectivity index (χ1) is 11.0. The maximum atomic E-state index is 12.0. The first-order valence-electron chi connectivity index (χ1n) is 8.50. The van der Waals surface area contributed by atoms with E-state index in [9.17, 15) is 14.4 Å². The van der Waals surface area contributed by atoms with Crippen molar-refractivity contribution in [2.45, 2.75) is 52.0 Å². The molecule has 0 bridgehead atoms. The Morgan fingerprint density at radius 3 is 2.52 bits per heavy atom. The third-order valence-electron chi connectivity index (χ3n) is 4.29. The van der Waals surface area contributed by atoms with E-state index in [1.807, 2.05) is 0 Å². The highest BCUT2D eigenvalue weighted by molar-refractivity contribution is 5.87. The summed E-state index contributed by atoms with van der Waals surface area (Å²) in [7, 11) is 0. The Morgan fingerprint density at radius 2 is 1.91 bits per heavy atom. The first kappa shape index (κ1) is 19.4. The van der Waals surface area contributed by atoms with Crippen LogP contribution in [0.15, 0.2) is 0 Å². The molecule has 1 saturated heterocycles. The third kappa shape index (κ3) is 6.56. The van der Waals surface area contributed by atoms with Crippen LogP contribution in [-0.4, -0.2) is 71.5 Å². The summed E-state index contributed by atoms with van der Waals surface area (Å²) in [5.41, 5.74) is 0. The maximum Gasteiger partial charge on any atom is 0.326 e. The van der Waals surface area contributed by atoms with Gasteiger partial charge in [0, 0.05) is 25.9 Å². The highest BCUT2D eigenvalue weighted by atomic mass is 16.4. The van der Waals surface area contributed by atoms with E-state index in [0.717, 1.165) is 26.1 Å². The van der Waals surface area contributed by atoms with E-state index in [4.69, 9.17) is 5.11 Å². The number of carbonyl (C=O) groups excluding carboxylic acids is 2. The number of nitrogens with zero attached hydrogens (tertiary/aromatic N) is 2. The summed E-state index contributed by atoms with van der Waals surface area (Å²) in [5.74, 6) is -1.35. The molecule has 0 radical (unpaired) electrons. The number of aliphatic carboxylic acids is 1. The molecule has 1 aliphatic rings. The molecule has 1 rings (SSSR count). The highest BCUT2D eigenvalue weighted by Gasteiger charge is 2.33. The van der Waals surface area contributed by atoms with Crippen molar-refractivity contribution in [3.63, 3.8) is 0 Å². The van der Waals surface area contributed by atoms with Gasteiger partial charge >= 0.3 is 5.97 Å². The van der Waals surface area contributed by atoms with Crippen LogP contribution in [0.1, 0.15) is 46.0 Å². The van der Waals surface area contributed by atoms with Gasteiger partial charge in [0.15, 0.2) is 0 Å². The van der Waals surface area contributed by atoms with Crippen LogP contribution in [0.5, 0.6) is 0 Å². The second-order valence-electron chi connectivity index (χ2n) is 5.81. The Hall–Kier alpha value is -1.63. The fourth-order valence-corrected chi connectivity index (χ4v) is 2.84. The predicted molar refractivity (Wildman–Crippen MR) is 87.0 cm³/mol. The molecule has 7 nitrogen and oxygen atoms in total. The summed E-state index contributed by atoms with van der Waals surface area (Å²) < 4.78 is 0. The monoisotopic (exact) mass is 327 g/mol. The standard InChI is InChI=1S/C16H29N3O4/c1-3-18(4-2)11-6-10-17-14(20)8-9-15(21)19-12-5-7-13(19)16(22)23/h13H,3-12H2,1-2H3,(H,17,20)(H,22,23). The molecule has 0 spiro atoms. The smallest absolute Gasteiger partial charge is 0.326 e. The van der Waals surface area contributed by atoms with Gasteiger partial charge in [-0.3, -0.25) is 9.59 Å². The summed E-state index contributed by atoms with van der Waals surface area (Å²) in [6.07, 6.45) is 2.28. The van der Waals surface area contributed by atoms with Crippen LogP contribution < -0.4 is 5.32 Å². The largest absolute Gasteiger partial charge is 0.480 e. The van der Waals surface area contributed by atoms with Crippen molar-refractivity contribution < 1.29 is 19.5 Å². The highest BCUT2D eigenvalue weighted by Crippen LogP contribution is 2.18. The molecule has 1 heterocycles. The molecular weight excluding hydrogens is 298 g/mol. The molecule has 1 fully saturated rings. The molecule has 0 aromatic carbocycles. The summed E-state index contributed by atoms with van der Waals surface area (Å²) in [5, 5.41) is 11.9. The van der Waals surface area contributed by atoms with Crippen molar-refractivity contribution in [2.75, 3.05) is 32.7 Å². The Labute approximate surface area is 138 Å². The number of likely N-dealkylation sites (tertiary alicyclic amines) is 1. The van der Waals surface area contributed by atoms with Crippen LogP contribution in [0, 0.1) is 0 Å². The second-order valence-corrected chi connectivity index (χ2v) is 5.81. The van der Waals surface area contributed by atoms with E-state index in [-0.39, 0.29) is 24.7 Å². The number of hydrogen-bond donors (Lipinski definition) is 2. The van der Waals surface area contributed by atoms with Crippen molar-refractivity contribution in [3.05, 3.63) is 0 Å². The number of carboxylic acid groups (broad SMARTS) is 1. The fourth-order valence-electron chi connectivity index (χ4n) is 2.84. The van der Waals surface area contributed by atoms with Crippen LogP contribution >= 0.6 is 0 Å². The molecule has 7 heteroatoms. The fraction of sp³-hybridized carbons (Fsp3) is 0.812. The summed E-state index contributed by atoms with van der Waals surface area (Å²) >= 11 is 0. The van der Waals surface area contributed by atoms with E-state index in [0.29, 0.717) is 25.9 Å². The van der Waals surface area contributed by atoms with Crippen LogP contribution in [0.3, 0.4) is 0 Å². The van der Waals surface area contributed by atoms with E-state index in [2.05, 4.69) is 24.1 Å². The topological polar surface area (TPSA) is 90.0 Å². The lowest BCUT2D eigenvalue weighted by Gasteiger charge is -2.21. The SMILES string of the molecule is CCN(CC)CCCNC(=O)CCC(=O)N1CCCC1C(=O)O. The number of amides is 2.